The summed E-state index contributed by atoms with van der Waals surface area (Å²) in [5, 5.41) is 8.58. The van der Waals surface area contributed by atoms with Crippen molar-refractivity contribution in [3.05, 3.63) is 75.8 Å². The van der Waals surface area contributed by atoms with Crippen LogP contribution in [0.5, 0.6) is 0 Å². The first-order valence-corrected chi connectivity index (χ1v) is 12.7. The molecule has 1 aliphatic rings. The summed E-state index contributed by atoms with van der Waals surface area (Å²) in [5.74, 6) is -1.00. The van der Waals surface area contributed by atoms with Gasteiger partial charge < -0.3 is 4.74 Å². The van der Waals surface area contributed by atoms with Crippen molar-refractivity contribution in [1.82, 2.24) is 0 Å². The number of esters is 1. The number of aliphatic imine (C=N–C) groups is 1. The first kappa shape index (κ1) is 25.3. The number of hydrogen-bond acceptors (Lipinski definition) is 8. The molecule has 0 fully saturated rings. The molecular weight excluding hydrogens is 491 g/mol. The Morgan fingerprint density at radius 1 is 1.21 bits per heavy atom. The summed E-state index contributed by atoms with van der Waals surface area (Å²) in [7, 11) is -3.13. The van der Waals surface area contributed by atoms with Crippen LogP contribution >= 0.6 is 11.8 Å². The summed E-state index contributed by atoms with van der Waals surface area (Å²) in [6.07, 6.45) is -2.24. The fourth-order valence-electron chi connectivity index (χ4n) is 3.41. The smallest absolute Gasteiger partial charge is 0.416 e. The molecule has 0 aliphatic carbocycles. The standard InChI is InChI=1S/C22H18F3N3O4S2/c1-32-20(29)17-18(14-9-7-13(12-26)8-10-14)27-21(33-2)28(19(17)34(3,30)31)16-6-4-5-15(11-16)22(23,24)25/h4-11,18H,1-3H3. The quantitative estimate of drug-likeness (QED) is 0.567. The normalized spacial score (nSPS) is 16.7. The molecule has 0 saturated carbocycles. The number of hydrogen-bond donors (Lipinski definition) is 0. The van der Waals surface area contributed by atoms with Gasteiger partial charge in [-0.2, -0.15) is 18.4 Å². The molecule has 2 aromatic rings. The Kier molecular flexibility index (Phi) is 7.09. The van der Waals surface area contributed by atoms with Crippen LogP contribution in [0.1, 0.15) is 22.7 Å². The lowest BCUT2D eigenvalue weighted by Gasteiger charge is -2.34. The molecule has 34 heavy (non-hydrogen) atoms. The van der Waals surface area contributed by atoms with Gasteiger partial charge in [0.15, 0.2) is 20.0 Å². The molecule has 0 saturated heterocycles. The van der Waals surface area contributed by atoms with E-state index in [4.69, 9.17) is 10.00 Å². The number of ether oxygens (including phenoxy) is 1. The molecule has 1 atom stereocenters. The number of carbonyl (C=O) groups is 1. The van der Waals surface area contributed by atoms with E-state index in [9.17, 15) is 26.4 Å². The summed E-state index contributed by atoms with van der Waals surface area (Å²) in [6, 6.07) is 10.9. The summed E-state index contributed by atoms with van der Waals surface area (Å²) in [5.41, 5.74) is -0.748. The van der Waals surface area contributed by atoms with Crippen molar-refractivity contribution in [3.8, 4) is 6.07 Å². The Balaban J connectivity index is 2.36. The molecule has 1 unspecified atom stereocenters. The van der Waals surface area contributed by atoms with Crippen LogP contribution in [0.4, 0.5) is 18.9 Å². The molecule has 0 amide bonds. The number of nitrogens with zero attached hydrogens (tertiary/aromatic N) is 3. The van der Waals surface area contributed by atoms with E-state index < -0.39 is 38.6 Å². The van der Waals surface area contributed by atoms with Crippen LogP contribution in [0.15, 0.2) is 64.1 Å². The van der Waals surface area contributed by atoms with Crippen molar-refractivity contribution in [1.29, 1.82) is 5.26 Å². The van der Waals surface area contributed by atoms with Gasteiger partial charge in [0.05, 0.1) is 24.3 Å². The maximum atomic E-state index is 13.4. The average molecular weight is 510 g/mol. The number of rotatable bonds is 4. The lowest BCUT2D eigenvalue weighted by molar-refractivity contribution is -0.138. The molecule has 1 aliphatic heterocycles. The maximum Gasteiger partial charge on any atom is 0.416 e. The molecule has 178 valence electrons. The summed E-state index contributed by atoms with van der Waals surface area (Å²) < 4.78 is 70.9. The van der Waals surface area contributed by atoms with Crippen LogP contribution in [-0.2, 0) is 25.5 Å². The Bertz CT molecular complexity index is 1330. The Morgan fingerprint density at radius 2 is 1.85 bits per heavy atom. The van der Waals surface area contributed by atoms with Gasteiger partial charge in [0.25, 0.3) is 0 Å². The van der Waals surface area contributed by atoms with Gasteiger partial charge in [0, 0.05) is 11.9 Å². The molecule has 1 heterocycles. The largest absolute Gasteiger partial charge is 0.466 e. The molecule has 0 spiro atoms. The number of halogens is 3. The molecular formula is C22H18F3N3O4S2. The Morgan fingerprint density at radius 3 is 2.35 bits per heavy atom. The number of carbonyl (C=O) groups excluding carboxylic acids is 1. The number of anilines is 1. The second kappa shape index (κ2) is 9.52. The van der Waals surface area contributed by atoms with Gasteiger partial charge >= 0.3 is 12.1 Å². The van der Waals surface area contributed by atoms with Gasteiger partial charge in [-0.15, -0.1) is 0 Å². The van der Waals surface area contributed by atoms with E-state index in [0.29, 0.717) is 11.1 Å². The van der Waals surface area contributed by atoms with E-state index >= 15 is 0 Å². The van der Waals surface area contributed by atoms with Crippen LogP contribution in [0.25, 0.3) is 0 Å². The second-order valence-corrected chi connectivity index (χ2v) is 9.82. The molecule has 2 aromatic carbocycles. The number of amidine groups is 1. The van der Waals surface area contributed by atoms with E-state index in [1.165, 1.54) is 30.3 Å². The second-order valence-electron chi connectivity index (χ2n) is 7.12. The van der Waals surface area contributed by atoms with E-state index in [1.54, 1.807) is 6.26 Å². The van der Waals surface area contributed by atoms with Crippen molar-refractivity contribution in [2.24, 2.45) is 4.99 Å². The van der Waals surface area contributed by atoms with Crippen molar-refractivity contribution >= 4 is 38.4 Å². The van der Waals surface area contributed by atoms with Crippen LogP contribution in [-0.4, -0.2) is 39.2 Å². The highest BCUT2D eigenvalue weighted by Crippen LogP contribution is 2.42. The third-order valence-electron chi connectivity index (χ3n) is 4.86. The fourth-order valence-corrected chi connectivity index (χ4v) is 5.17. The van der Waals surface area contributed by atoms with Crippen molar-refractivity contribution in [2.45, 2.75) is 12.2 Å². The fraction of sp³-hybridized carbons (Fsp3) is 0.227. The number of thioether (sulfide) groups is 1. The number of alkyl halides is 3. The summed E-state index contributed by atoms with van der Waals surface area (Å²) in [4.78, 5) is 18.4. The minimum atomic E-state index is -4.67. The number of nitriles is 1. The highest BCUT2D eigenvalue weighted by molar-refractivity contribution is 8.13. The zero-order valence-electron chi connectivity index (χ0n) is 18.1. The zero-order chi connectivity index (χ0) is 25.3. The number of benzene rings is 2. The van der Waals surface area contributed by atoms with E-state index in [0.717, 1.165) is 48.2 Å². The Labute approximate surface area is 198 Å². The zero-order valence-corrected chi connectivity index (χ0v) is 19.8. The van der Waals surface area contributed by atoms with E-state index in [1.807, 2.05) is 6.07 Å². The predicted molar refractivity (Wildman–Crippen MR) is 123 cm³/mol. The average Bonchev–Trinajstić information content (AvgIpc) is 2.81. The SMILES string of the molecule is COC(=O)C1=C(S(C)(=O)=O)N(c2cccc(C(F)(F)F)c2)C(SC)=NC1c1ccc(C#N)cc1. The topological polar surface area (TPSA) is 99.8 Å². The minimum Gasteiger partial charge on any atom is -0.466 e. The van der Waals surface area contributed by atoms with Crippen LogP contribution in [0.2, 0.25) is 0 Å². The molecule has 0 N–H and O–H groups in total. The highest BCUT2D eigenvalue weighted by Gasteiger charge is 2.41. The van der Waals surface area contributed by atoms with Gasteiger partial charge in [-0.3, -0.25) is 4.90 Å². The lowest BCUT2D eigenvalue weighted by atomic mass is 9.97. The highest BCUT2D eigenvalue weighted by atomic mass is 32.2. The monoisotopic (exact) mass is 509 g/mol. The van der Waals surface area contributed by atoms with Gasteiger partial charge in [-0.05, 0) is 42.2 Å². The van der Waals surface area contributed by atoms with Crippen molar-refractivity contribution < 1.29 is 31.1 Å². The van der Waals surface area contributed by atoms with Gasteiger partial charge in [0.1, 0.15) is 11.6 Å². The number of sulfone groups is 1. The molecule has 0 aromatic heterocycles. The van der Waals surface area contributed by atoms with Crippen molar-refractivity contribution in [3.63, 3.8) is 0 Å². The molecule has 0 bridgehead atoms. The summed E-state index contributed by atoms with van der Waals surface area (Å²) >= 11 is 1.00. The number of methoxy groups -OCH3 is 1. The first-order chi connectivity index (χ1) is 15.9. The third kappa shape index (κ3) is 4.95. The molecule has 3 rings (SSSR count). The van der Waals surface area contributed by atoms with Crippen LogP contribution in [0.3, 0.4) is 0 Å². The van der Waals surface area contributed by atoms with Gasteiger partial charge in [-0.1, -0.05) is 30.0 Å². The minimum absolute atomic E-state index is 0.0572. The van der Waals surface area contributed by atoms with Crippen LogP contribution < -0.4 is 4.90 Å². The summed E-state index contributed by atoms with van der Waals surface area (Å²) in [6.45, 7) is 0. The van der Waals surface area contributed by atoms with E-state index in [-0.39, 0.29) is 16.4 Å². The predicted octanol–water partition coefficient (Wildman–Crippen LogP) is 4.29. The molecule has 0 radical (unpaired) electrons. The molecule has 12 heteroatoms. The third-order valence-corrected chi connectivity index (χ3v) is 6.62. The van der Waals surface area contributed by atoms with Gasteiger partial charge in [-0.25, -0.2) is 18.2 Å². The first-order valence-electron chi connectivity index (χ1n) is 9.54. The van der Waals surface area contributed by atoms with Gasteiger partial charge in [0.2, 0.25) is 0 Å². The maximum absolute atomic E-state index is 13.4. The van der Waals surface area contributed by atoms with Crippen LogP contribution in [0, 0.1) is 11.3 Å². The van der Waals surface area contributed by atoms with E-state index in [2.05, 4.69) is 4.99 Å². The molecule has 7 nitrogen and oxygen atoms in total. The van der Waals surface area contributed by atoms with Crippen molar-refractivity contribution in [2.75, 3.05) is 24.5 Å². The Hall–Kier alpha value is -3.30. The lowest BCUT2D eigenvalue weighted by Crippen LogP contribution is -2.39.